The lowest BCUT2D eigenvalue weighted by Gasteiger charge is -2.18. The molecule has 3 nitrogen and oxygen atoms in total. The molecular formula is C16H19N3. The first-order valence-corrected chi connectivity index (χ1v) is 6.87. The van der Waals surface area contributed by atoms with Gasteiger partial charge in [-0.2, -0.15) is 0 Å². The Bertz CT molecular complexity index is 540. The maximum absolute atomic E-state index is 4.34. The number of hydrogen-bond acceptors (Lipinski definition) is 3. The van der Waals surface area contributed by atoms with Crippen molar-refractivity contribution in [2.45, 2.75) is 26.4 Å². The van der Waals surface area contributed by atoms with Crippen LogP contribution in [0.5, 0.6) is 0 Å². The molecule has 0 fully saturated rings. The molecule has 0 spiro atoms. The zero-order valence-corrected chi connectivity index (χ0v) is 11.3. The van der Waals surface area contributed by atoms with Crippen LogP contribution < -0.4 is 10.2 Å². The molecule has 0 atom stereocenters. The number of aromatic nitrogens is 1. The van der Waals surface area contributed by atoms with E-state index in [9.17, 15) is 0 Å². The Labute approximate surface area is 114 Å². The van der Waals surface area contributed by atoms with Crippen molar-refractivity contribution < 1.29 is 0 Å². The minimum Gasteiger partial charge on any atom is -0.384 e. The summed E-state index contributed by atoms with van der Waals surface area (Å²) in [5.74, 6) is 0. The van der Waals surface area contributed by atoms with Gasteiger partial charge in [0.1, 0.15) is 0 Å². The van der Waals surface area contributed by atoms with Gasteiger partial charge in [-0.1, -0.05) is 31.2 Å². The molecule has 1 aromatic carbocycles. The summed E-state index contributed by atoms with van der Waals surface area (Å²) in [6.45, 7) is 5.12. The average molecular weight is 253 g/mol. The van der Waals surface area contributed by atoms with Crippen LogP contribution in [-0.2, 0) is 13.1 Å². The number of fused-ring (bicyclic) bond motifs is 1. The minimum atomic E-state index is 0.981. The molecule has 2 heterocycles. The van der Waals surface area contributed by atoms with Crippen molar-refractivity contribution >= 4 is 11.4 Å². The third kappa shape index (κ3) is 2.55. The molecule has 19 heavy (non-hydrogen) atoms. The number of nitrogens with zero attached hydrogens (tertiary/aromatic N) is 2. The van der Waals surface area contributed by atoms with E-state index in [0.29, 0.717) is 0 Å². The van der Waals surface area contributed by atoms with Crippen molar-refractivity contribution in [1.82, 2.24) is 4.98 Å². The molecule has 0 saturated carbocycles. The molecule has 0 amide bonds. The van der Waals surface area contributed by atoms with Crippen LogP contribution in [0.15, 0.2) is 42.7 Å². The molecule has 1 aliphatic rings. The topological polar surface area (TPSA) is 28.2 Å². The van der Waals surface area contributed by atoms with E-state index in [0.717, 1.165) is 31.7 Å². The van der Waals surface area contributed by atoms with Crippen LogP contribution in [0.4, 0.5) is 11.4 Å². The quantitative estimate of drug-likeness (QED) is 0.905. The number of benzene rings is 1. The Kier molecular flexibility index (Phi) is 3.36. The standard InChI is InChI=1S/C16H19N3/c1-2-7-18-15-8-16(10-17-9-15)19-11-13-5-3-4-6-14(13)12-19/h3-6,8-10,18H,2,7,11-12H2,1H3. The maximum Gasteiger partial charge on any atom is 0.0579 e. The zero-order valence-electron chi connectivity index (χ0n) is 11.3. The molecule has 1 aromatic heterocycles. The fourth-order valence-corrected chi connectivity index (χ4v) is 2.48. The van der Waals surface area contributed by atoms with Gasteiger partial charge in [0.15, 0.2) is 0 Å². The predicted molar refractivity (Wildman–Crippen MR) is 79.3 cm³/mol. The van der Waals surface area contributed by atoms with Gasteiger partial charge < -0.3 is 10.2 Å². The number of pyridine rings is 1. The van der Waals surface area contributed by atoms with Crippen LogP contribution in [0.25, 0.3) is 0 Å². The van der Waals surface area contributed by atoms with Crippen molar-refractivity contribution in [1.29, 1.82) is 0 Å². The van der Waals surface area contributed by atoms with Gasteiger partial charge in [0, 0.05) is 19.6 Å². The lowest BCUT2D eigenvalue weighted by molar-refractivity contribution is 0.875. The van der Waals surface area contributed by atoms with Crippen LogP contribution in [0.1, 0.15) is 24.5 Å². The van der Waals surface area contributed by atoms with Gasteiger partial charge in [0.2, 0.25) is 0 Å². The normalized spacial score (nSPS) is 13.4. The van der Waals surface area contributed by atoms with Crippen molar-refractivity contribution in [3.63, 3.8) is 0 Å². The van der Waals surface area contributed by atoms with Gasteiger partial charge in [0.25, 0.3) is 0 Å². The first-order valence-electron chi connectivity index (χ1n) is 6.87. The molecule has 3 heteroatoms. The molecule has 3 rings (SSSR count). The van der Waals surface area contributed by atoms with Gasteiger partial charge in [-0.15, -0.1) is 0 Å². The summed E-state index contributed by atoms with van der Waals surface area (Å²) in [6.07, 6.45) is 4.96. The summed E-state index contributed by atoms with van der Waals surface area (Å²) < 4.78 is 0. The van der Waals surface area contributed by atoms with Crippen molar-refractivity contribution in [3.05, 3.63) is 53.9 Å². The van der Waals surface area contributed by atoms with E-state index in [-0.39, 0.29) is 0 Å². The maximum atomic E-state index is 4.34. The summed E-state index contributed by atoms with van der Waals surface area (Å²) in [4.78, 5) is 6.71. The summed E-state index contributed by atoms with van der Waals surface area (Å²) in [6, 6.07) is 10.8. The van der Waals surface area contributed by atoms with Crippen LogP contribution in [-0.4, -0.2) is 11.5 Å². The second-order valence-corrected chi connectivity index (χ2v) is 4.98. The third-order valence-electron chi connectivity index (χ3n) is 3.51. The number of hydrogen-bond donors (Lipinski definition) is 1. The highest BCUT2D eigenvalue weighted by molar-refractivity contribution is 5.58. The number of rotatable bonds is 4. The van der Waals surface area contributed by atoms with E-state index >= 15 is 0 Å². The van der Waals surface area contributed by atoms with Crippen LogP contribution in [0.2, 0.25) is 0 Å². The first-order chi connectivity index (χ1) is 9.36. The minimum absolute atomic E-state index is 0.981. The van der Waals surface area contributed by atoms with E-state index in [1.807, 2.05) is 12.4 Å². The summed E-state index contributed by atoms with van der Waals surface area (Å²) in [7, 11) is 0. The van der Waals surface area contributed by atoms with Gasteiger partial charge in [-0.05, 0) is 23.6 Å². The second-order valence-electron chi connectivity index (χ2n) is 4.98. The van der Waals surface area contributed by atoms with E-state index in [1.54, 1.807) is 0 Å². The van der Waals surface area contributed by atoms with Crippen LogP contribution in [0.3, 0.4) is 0 Å². The Balaban J connectivity index is 1.77. The molecule has 2 aromatic rings. The summed E-state index contributed by atoms with van der Waals surface area (Å²) in [5.41, 5.74) is 5.15. The van der Waals surface area contributed by atoms with Crippen molar-refractivity contribution in [3.8, 4) is 0 Å². The molecule has 0 aliphatic carbocycles. The van der Waals surface area contributed by atoms with E-state index in [1.165, 1.54) is 16.8 Å². The molecule has 0 bridgehead atoms. The molecule has 0 unspecified atom stereocenters. The summed E-state index contributed by atoms with van der Waals surface area (Å²) in [5, 5.41) is 3.39. The average Bonchev–Trinajstić information content (AvgIpc) is 2.89. The van der Waals surface area contributed by atoms with Crippen LogP contribution in [0, 0.1) is 0 Å². The second kappa shape index (κ2) is 5.31. The van der Waals surface area contributed by atoms with Crippen molar-refractivity contribution in [2.24, 2.45) is 0 Å². The molecule has 0 saturated heterocycles. The summed E-state index contributed by atoms with van der Waals surface area (Å²) >= 11 is 0. The fourth-order valence-electron chi connectivity index (χ4n) is 2.48. The predicted octanol–water partition coefficient (Wildman–Crippen LogP) is 3.42. The number of nitrogens with one attached hydrogen (secondary N) is 1. The lowest BCUT2D eigenvalue weighted by Crippen LogP contribution is -2.15. The Morgan fingerprint density at radius 1 is 1.16 bits per heavy atom. The molecule has 98 valence electrons. The number of anilines is 2. The van der Waals surface area contributed by atoms with E-state index < -0.39 is 0 Å². The highest BCUT2D eigenvalue weighted by atomic mass is 15.2. The van der Waals surface area contributed by atoms with Gasteiger partial charge >= 0.3 is 0 Å². The highest BCUT2D eigenvalue weighted by Gasteiger charge is 2.18. The zero-order chi connectivity index (χ0) is 13.1. The smallest absolute Gasteiger partial charge is 0.0579 e. The van der Waals surface area contributed by atoms with E-state index in [4.69, 9.17) is 0 Å². The van der Waals surface area contributed by atoms with Gasteiger partial charge in [-0.25, -0.2) is 0 Å². The fraction of sp³-hybridized carbons (Fsp3) is 0.312. The molecular weight excluding hydrogens is 234 g/mol. The van der Waals surface area contributed by atoms with E-state index in [2.05, 4.69) is 52.5 Å². The Hall–Kier alpha value is -2.03. The Morgan fingerprint density at radius 2 is 1.89 bits per heavy atom. The molecule has 1 aliphatic heterocycles. The third-order valence-corrected chi connectivity index (χ3v) is 3.51. The lowest BCUT2D eigenvalue weighted by atomic mass is 10.1. The monoisotopic (exact) mass is 253 g/mol. The first kappa shape index (κ1) is 12.0. The van der Waals surface area contributed by atoms with Crippen LogP contribution >= 0.6 is 0 Å². The largest absolute Gasteiger partial charge is 0.384 e. The molecule has 0 radical (unpaired) electrons. The molecule has 1 N–H and O–H groups in total. The highest BCUT2D eigenvalue weighted by Crippen LogP contribution is 2.28. The van der Waals surface area contributed by atoms with Gasteiger partial charge in [0.05, 0.1) is 23.8 Å². The van der Waals surface area contributed by atoms with Crippen molar-refractivity contribution in [2.75, 3.05) is 16.8 Å². The van der Waals surface area contributed by atoms with Gasteiger partial charge in [-0.3, -0.25) is 4.98 Å². The SMILES string of the molecule is CCCNc1cncc(N2Cc3ccccc3C2)c1. The Morgan fingerprint density at radius 3 is 2.58 bits per heavy atom.